The van der Waals surface area contributed by atoms with E-state index in [1.807, 2.05) is 30.3 Å². The van der Waals surface area contributed by atoms with Crippen molar-refractivity contribution in [1.29, 1.82) is 0 Å². The van der Waals surface area contributed by atoms with Crippen LogP contribution in [-0.2, 0) is 11.3 Å². The molecule has 0 aliphatic carbocycles. The fourth-order valence-electron chi connectivity index (χ4n) is 3.83. The maximum atomic E-state index is 13.6. The van der Waals surface area contributed by atoms with Crippen molar-refractivity contribution in [2.75, 3.05) is 0 Å². The Bertz CT molecular complexity index is 752. The van der Waals surface area contributed by atoms with Crippen LogP contribution in [0.2, 0.25) is 0 Å². The van der Waals surface area contributed by atoms with Crippen LogP contribution in [-0.4, -0.2) is 28.2 Å². The number of aliphatic hydroxyl groups excluding tert-OH is 1. The molecular weight excluding hydrogens is 345 g/mol. The first-order valence-corrected chi connectivity index (χ1v) is 9.52. The number of likely N-dealkylation sites (tertiary alicyclic amines) is 1. The molecule has 0 bridgehead atoms. The third kappa shape index (κ3) is 4.66. The smallest absolute Gasteiger partial charge is 0.410 e. The van der Waals surface area contributed by atoms with E-state index < -0.39 is 24.1 Å². The number of ether oxygens (including phenoxy) is 1. The fourth-order valence-corrected chi connectivity index (χ4v) is 3.83. The molecule has 1 heterocycles. The van der Waals surface area contributed by atoms with Gasteiger partial charge in [-0.1, -0.05) is 55.8 Å². The molecule has 4 nitrogen and oxygen atoms in total. The molecule has 144 valence electrons. The average molecular weight is 371 g/mol. The summed E-state index contributed by atoms with van der Waals surface area (Å²) < 4.78 is 19.1. The van der Waals surface area contributed by atoms with Crippen molar-refractivity contribution < 1.29 is 19.0 Å². The van der Waals surface area contributed by atoms with E-state index in [-0.39, 0.29) is 12.6 Å². The maximum Gasteiger partial charge on any atom is 0.410 e. The Morgan fingerprint density at radius 2 is 2.00 bits per heavy atom. The number of carbonyl (C=O) groups is 1. The SMILES string of the molecule is CCC[C@@H]1CC[C@H]([C@H](O)c2cccc(F)c2)N1C(=O)OCc1ccccc1. The van der Waals surface area contributed by atoms with Crippen molar-refractivity contribution >= 4 is 6.09 Å². The van der Waals surface area contributed by atoms with Crippen molar-refractivity contribution in [3.63, 3.8) is 0 Å². The Balaban J connectivity index is 1.75. The molecule has 1 fully saturated rings. The Kier molecular flexibility index (Phi) is 6.45. The third-order valence-corrected chi connectivity index (χ3v) is 5.14. The summed E-state index contributed by atoms with van der Waals surface area (Å²) in [4.78, 5) is 14.5. The van der Waals surface area contributed by atoms with Crippen LogP contribution in [0, 0.1) is 5.82 Å². The molecule has 1 aliphatic rings. The molecule has 0 unspecified atom stereocenters. The fraction of sp³-hybridized carbons (Fsp3) is 0.409. The normalized spacial score (nSPS) is 20.5. The first-order chi connectivity index (χ1) is 13.1. The minimum absolute atomic E-state index is 0.0338. The molecule has 0 aromatic heterocycles. The molecule has 1 saturated heterocycles. The number of aliphatic hydroxyl groups is 1. The van der Waals surface area contributed by atoms with Gasteiger partial charge in [0.25, 0.3) is 0 Å². The molecule has 1 N–H and O–H groups in total. The van der Waals surface area contributed by atoms with Gasteiger partial charge in [-0.3, -0.25) is 4.90 Å². The van der Waals surface area contributed by atoms with Crippen molar-refractivity contribution in [2.45, 2.75) is 57.4 Å². The number of halogens is 1. The zero-order chi connectivity index (χ0) is 19.2. The summed E-state index contributed by atoms with van der Waals surface area (Å²) in [5.74, 6) is -0.396. The number of benzene rings is 2. The molecule has 2 aromatic carbocycles. The number of hydrogen-bond acceptors (Lipinski definition) is 3. The maximum absolute atomic E-state index is 13.6. The van der Waals surface area contributed by atoms with Crippen LogP contribution in [0.4, 0.5) is 9.18 Å². The Hall–Kier alpha value is -2.40. The van der Waals surface area contributed by atoms with Gasteiger partial charge >= 0.3 is 6.09 Å². The number of amides is 1. The number of carbonyl (C=O) groups excluding carboxylic acids is 1. The summed E-state index contributed by atoms with van der Waals surface area (Å²) in [6.07, 6.45) is 1.92. The highest BCUT2D eigenvalue weighted by Gasteiger charge is 2.41. The highest BCUT2D eigenvalue weighted by Crippen LogP contribution is 2.35. The summed E-state index contributed by atoms with van der Waals surface area (Å²) in [7, 11) is 0. The van der Waals surface area contributed by atoms with Gasteiger partial charge in [0.05, 0.1) is 12.1 Å². The van der Waals surface area contributed by atoms with E-state index in [1.54, 1.807) is 17.0 Å². The van der Waals surface area contributed by atoms with Gasteiger partial charge in [0, 0.05) is 6.04 Å². The van der Waals surface area contributed by atoms with Crippen molar-refractivity contribution in [3.8, 4) is 0 Å². The number of rotatable bonds is 6. The van der Waals surface area contributed by atoms with Gasteiger partial charge in [0.1, 0.15) is 12.4 Å². The Morgan fingerprint density at radius 1 is 1.22 bits per heavy atom. The summed E-state index contributed by atoms with van der Waals surface area (Å²) >= 11 is 0. The summed E-state index contributed by atoms with van der Waals surface area (Å²) in [6, 6.07) is 15.1. The molecule has 27 heavy (non-hydrogen) atoms. The highest BCUT2D eigenvalue weighted by molar-refractivity contribution is 5.69. The summed E-state index contributed by atoms with van der Waals surface area (Å²) in [6.45, 7) is 2.27. The topological polar surface area (TPSA) is 49.8 Å². The summed E-state index contributed by atoms with van der Waals surface area (Å²) in [5, 5.41) is 10.8. The molecule has 1 aliphatic heterocycles. The monoisotopic (exact) mass is 371 g/mol. The van der Waals surface area contributed by atoms with E-state index in [0.29, 0.717) is 12.0 Å². The van der Waals surface area contributed by atoms with Crippen LogP contribution in [0.15, 0.2) is 54.6 Å². The third-order valence-electron chi connectivity index (χ3n) is 5.14. The lowest BCUT2D eigenvalue weighted by Gasteiger charge is -2.32. The molecular formula is C22H26FNO3. The second kappa shape index (κ2) is 9.00. The lowest BCUT2D eigenvalue weighted by atomic mass is 10.0. The van der Waals surface area contributed by atoms with E-state index in [2.05, 4.69) is 6.92 Å². The molecule has 0 spiro atoms. The zero-order valence-electron chi connectivity index (χ0n) is 15.6. The number of nitrogens with zero attached hydrogens (tertiary/aromatic N) is 1. The molecule has 5 heteroatoms. The van der Waals surface area contributed by atoms with Crippen LogP contribution in [0.5, 0.6) is 0 Å². The first kappa shape index (κ1) is 19.4. The quantitative estimate of drug-likeness (QED) is 0.791. The van der Waals surface area contributed by atoms with Gasteiger partial charge in [-0.2, -0.15) is 0 Å². The van der Waals surface area contributed by atoms with E-state index in [0.717, 1.165) is 24.8 Å². The highest BCUT2D eigenvalue weighted by atomic mass is 19.1. The van der Waals surface area contributed by atoms with Crippen molar-refractivity contribution in [1.82, 2.24) is 4.90 Å². The number of hydrogen-bond donors (Lipinski definition) is 1. The molecule has 0 saturated carbocycles. The minimum atomic E-state index is -0.938. The van der Waals surface area contributed by atoms with Crippen LogP contribution < -0.4 is 0 Å². The molecule has 3 rings (SSSR count). The molecule has 2 aromatic rings. The standard InChI is InChI=1S/C22H26FNO3/c1-2-7-19-12-13-20(21(25)17-10-6-11-18(23)14-17)24(19)22(26)27-15-16-8-4-3-5-9-16/h3-6,8-11,14,19-21,25H,2,7,12-13,15H2,1H3/t19-,20-,21-/m1/s1. The summed E-state index contributed by atoms with van der Waals surface area (Å²) in [5.41, 5.74) is 1.40. The average Bonchev–Trinajstić information content (AvgIpc) is 3.10. The van der Waals surface area contributed by atoms with Gasteiger partial charge < -0.3 is 9.84 Å². The van der Waals surface area contributed by atoms with Crippen LogP contribution >= 0.6 is 0 Å². The van der Waals surface area contributed by atoms with Gasteiger partial charge in [0.15, 0.2) is 0 Å². The molecule has 0 radical (unpaired) electrons. The van der Waals surface area contributed by atoms with Gasteiger partial charge in [0.2, 0.25) is 0 Å². The predicted octanol–water partition coefficient (Wildman–Crippen LogP) is 4.83. The van der Waals surface area contributed by atoms with E-state index in [9.17, 15) is 14.3 Å². The van der Waals surface area contributed by atoms with Crippen LogP contribution in [0.25, 0.3) is 0 Å². The Morgan fingerprint density at radius 3 is 2.70 bits per heavy atom. The van der Waals surface area contributed by atoms with E-state index >= 15 is 0 Å². The first-order valence-electron chi connectivity index (χ1n) is 9.52. The second-order valence-electron chi connectivity index (χ2n) is 7.03. The lowest BCUT2D eigenvalue weighted by molar-refractivity contribution is 0.0332. The van der Waals surface area contributed by atoms with E-state index in [4.69, 9.17) is 4.74 Å². The predicted molar refractivity (Wildman–Crippen MR) is 102 cm³/mol. The van der Waals surface area contributed by atoms with Crippen LogP contribution in [0.1, 0.15) is 49.8 Å². The van der Waals surface area contributed by atoms with Crippen LogP contribution in [0.3, 0.4) is 0 Å². The zero-order valence-corrected chi connectivity index (χ0v) is 15.6. The molecule has 1 amide bonds. The van der Waals surface area contributed by atoms with Gasteiger partial charge in [-0.15, -0.1) is 0 Å². The van der Waals surface area contributed by atoms with E-state index in [1.165, 1.54) is 12.1 Å². The molecule has 3 atom stereocenters. The lowest BCUT2D eigenvalue weighted by Crippen LogP contribution is -2.44. The Labute approximate surface area is 159 Å². The van der Waals surface area contributed by atoms with Crippen molar-refractivity contribution in [2.24, 2.45) is 0 Å². The minimum Gasteiger partial charge on any atom is -0.445 e. The van der Waals surface area contributed by atoms with Gasteiger partial charge in [-0.25, -0.2) is 9.18 Å². The van der Waals surface area contributed by atoms with Gasteiger partial charge in [-0.05, 0) is 42.5 Å². The largest absolute Gasteiger partial charge is 0.445 e. The second-order valence-corrected chi connectivity index (χ2v) is 7.03. The van der Waals surface area contributed by atoms with Crippen molar-refractivity contribution in [3.05, 3.63) is 71.5 Å².